The maximum absolute atomic E-state index is 11.7. The zero-order valence-electron chi connectivity index (χ0n) is 12.0. The molecule has 2 rings (SSSR count). The van der Waals surface area contributed by atoms with Crippen molar-refractivity contribution in [2.45, 2.75) is 11.5 Å². The molecule has 0 aliphatic rings. The summed E-state index contributed by atoms with van der Waals surface area (Å²) < 4.78 is 10.2. The van der Waals surface area contributed by atoms with Gasteiger partial charge in [0.2, 0.25) is 0 Å². The molecule has 5 heteroatoms. The Labute approximate surface area is 128 Å². The number of carbonyl (C=O) groups excluding carboxylic acids is 1. The average Bonchev–Trinajstić information content (AvgIpc) is 2.54. The van der Waals surface area contributed by atoms with E-state index in [9.17, 15) is 4.79 Å². The maximum atomic E-state index is 11.7. The van der Waals surface area contributed by atoms with Gasteiger partial charge >= 0.3 is 6.09 Å². The Kier molecular flexibility index (Phi) is 5.51. The fourth-order valence-electron chi connectivity index (χ4n) is 1.70. The van der Waals surface area contributed by atoms with Crippen molar-refractivity contribution < 1.29 is 14.3 Å². The Morgan fingerprint density at radius 1 is 1.10 bits per heavy atom. The molecule has 0 aliphatic carbocycles. The average molecular weight is 303 g/mol. The largest absolute Gasteiger partial charge is 0.497 e. The predicted octanol–water partition coefficient (Wildman–Crippen LogP) is 4.17. The summed E-state index contributed by atoms with van der Waals surface area (Å²) in [4.78, 5) is 12.8. The van der Waals surface area contributed by atoms with Gasteiger partial charge in [-0.3, -0.25) is 5.32 Å². The first kappa shape index (κ1) is 15.3. The van der Waals surface area contributed by atoms with E-state index in [2.05, 4.69) is 5.32 Å². The minimum atomic E-state index is -0.470. The summed E-state index contributed by atoms with van der Waals surface area (Å²) in [5, 5.41) is 2.69. The highest BCUT2D eigenvalue weighted by molar-refractivity contribution is 7.98. The van der Waals surface area contributed by atoms with E-state index in [-0.39, 0.29) is 6.61 Å². The van der Waals surface area contributed by atoms with Gasteiger partial charge in [-0.25, -0.2) is 4.79 Å². The standard InChI is InChI=1S/C16H17NO3S/c1-19-14-7-3-12(4-8-14)11-20-16(18)17-13-5-9-15(21-2)10-6-13/h3-10H,11H2,1-2H3,(H,17,18). The minimum Gasteiger partial charge on any atom is -0.497 e. The number of hydrogen-bond donors (Lipinski definition) is 1. The predicted molar refractivity (Wildman–Crippen MR) is 85.0 cm³/mol. The van der Waals surface area contributed by atoms with Gasteiger partial charge in [0.25, 0.3) is 0 Å². The molecule has 0 bridgehead atoms. The number of hydrogen-bond acceptors (Lipinski definition) is 4. The summed E-state index contributed by atoms with van der Waals surface area (Å²) in [5.74, 6) is 0.775. The lowest BCUT2D eigenvalue weighted by Crippen LogP contribution is -2.13. The van der Waals surface area contributed by atoms with E-state index >= 15 is 0 Å². The molecule has 4 nitrogen and oxygen atoms in total. The van der Waals surface area contributed by atoms with Crippen molar-refractivity contribution in [3.8, 4) is 5.75 Å². The van der Waals surface area contributed by atoms with E-state index in [1.54, 1.807) is 18.9 Å². The quantitative estimate of drug-likeness (QED) is 0.842. The lowest BCUT2D eigenvalue weighted by atomic mass is 10.2. The number of thioether (sulfide) groups is 1. The fraction of sp³-hybridized carbons (Fsp3) is 0.188. The molecule has 0 atom stereocenters. The van der Waals surface area contributed by atoms with E-state index in [1.165, 1.54) is 0 Å². The number of carbonyl (C=O) groups is 1. The number of methoxy groups -OCH3 is 1. The zero-order valence-corrected chi connectivity index (χ0v) is 12.8. The van der Waals surface area contributed by atoms with Crippen molar-refractivity contribution in [3.63, 3.8) is 0 Å². The van der Waals surface area contributed by atoms with Gasteiger partial charge in [-0.05, 0) is 48.2 Å². The minimum absolute atomic E-state index is 0.221. The van der Waals surface area contributed by atoms with Gasteiger partial charge in [0, 0.05) is 10.6 Å². The second-order valence-corrected chi connectivity index (χ2v) is 5.16. The molecule has 0 aliphatic heterocycles. The molecule has 0 spiro atoms. The first-order valence-corrected chi connectivity index (χ1v) is 7.64. The molecule has 1 amide bonds. The second kappa shape index (κ2) is 7.59. The van der Waals surface area contributed by atoms with Crippen molar-refractivity contribution in [2.24, 2.45) is 0 Å². The fourth-order valence-corrected chi connectivity index (χ4v) is 2.11. The van der Waals surface area contributed by atoms with Crippen LogP contribution < -0.4 is 10.1 Å². The Hall–Kier alpha value is -2.14. The molecule has 0 saturated carbocycles. The van der Waals surface area contributed by atoms with Crippen molar-refractivity contribution in [1.82, 2.24) is 0 Å². The van der Waals surface area contributed by atoms with Crippen molar-refractivity contribution >= 4 is 23.5 Å². The molecule has 0 saturated heterocycles. The van der Waals surface area contributed by atoms with Gasteiger partial charge < -0.3 is 9.47 Å². The number of rotatable bonds is 5. The van der Waals surface area contributed by atoms with E-state index in [0.717, 1.165) is 16.2 Å². The third kappa shape index (κ3) is 4.72. The molecule has 21 heavy (non-hydrogen) atoms. The maximum Gasteiger partial charge on any atom is 0.411 e. The Balaban J connectivity index is 1.83. The summed E-state index contributed by atoms with van der Waals surface area (Å²) in [7, 11) is 1.61. The highest BCUT2D eigenvalue weighted by Crippen LogP contribution is 2.18. The van der Waals surface area contributed by atoms with Gasteiger partial charge in [0.1, 0.15) is 12.4 Å². The molecule has 0 fully saturated rings. The monoisotopic (exact) mass is 303 g/mol. The van der Waals surface area contributed by atoms with Gasteiger partial charge in [0.05, 0.1) is 7.11 Å². The highest BCUT2D eigenvalue weighted by Gasteiger charge is 2.04. The van der Waals surface area contributed by atoms with Crippen LogP contribution in [0.3, 0.4) is 0 Å². The zero-order chi connectivity index (χ0) is 15.1. The van der Waals surface area contributed by atoms with E-state index in [4.69, 9.17) is 9.47 Å². The van der Waals surface area contributed by atoms with Crippen LogP contribution in [0.1, 0.15) is 5.56 Å². The molecular formula is C16H17NO3S. The third-order valence-corrected chi connectivity index (χ3v) is 3.61. The third-order valence-electron chi connectivity index (χ3n) is 2.87. The number of ether oxygens (including phenoxy) is 2. The molecule has 0 heterocycles. The normalized spacial score (nSPS) is 10.0. The smallest absolute Gasteiger partial charge is 0.411 e. The lowest BCUT2D eigenvalue weighted by molar-refractivity contribution is 0.155. The Morgan fingerprint density at radius 3 is 2.33 bits per heavy atom. The second-order valence-electron chi connectivity index (χ2n) is 4.28. The van der Waals surface area contributed by atoms with Gasteiger partial charge in [-0.2, -0.15) is 0 Å². The van der Waals surface area contributed by atoms with Gasteiger partial charge in [-0.1, -0.05) is 12.1 Å². The van der Waals surface area contributed by atoms with Crippen LogP contribution in [0, 0.1) is 0 Å². The van der Waals surface area contributed by atoms with Gasteiger partial charge in [-0.15, -0.1) is 11.8 Å². The Morgan fingerprint density at radius 2 is 1.76 bits per heavy atom. The van der Waals surface area contributed by atoms with Crippen LogP contribution in [0.5, 0.6) is 5.75 Å². The summed E-state index contributed by atoms with van der Waals surface area (Å²) in [5.41, 5.74) is 1.62. The molecular weight excluding hydrogens is 286 g/mol. The first-order valence-electron chi connectivity index (χ1n) is 6.42. The van der Waals surface area contributed by atoms with Crippen molar-refractivity contribution in [2.75, 3.05) is 18.7 Å². The van der Waals surface area contributed by atoms with Gasteiger partial charge in [0.15, 0.2) is 0 Å². The molecule has 1 N–H and O–H groups in total. The van der Waals surface area contributed by atoms with Crippen molar-refractivity contribution in [3.05, 3.63) is 54.1 Å². The molecule has 2 aromatic carbocycles. The number of anilines is 1. The number of nitrogens with one attached hydrogen (secondary N) is 1. The topological polar surface area (TPSA) is 47.6 Å². The summed E-state index contributed by atoms with van der Waals surface area (Å²) in [6.45, 7) is 0.221. The molecule has 0 aromatic heterocycles. The van der Waals surface area contributed by atoms with E-state index in [0.29, 0.717) is 5.69 Å². The summed E-state index contributed by atoms with van der Waals surface area (Å²) in [6, 6.07) is 15.0. The van der Waals surface area contributed by atoms with Crippen LogP contribution in [0.25, 0.3) is 0 Å². The summed E-state index contributed by atoms with van der Waals surface area (Å²) >= 11 is 1.65. The Bertz CT molecular complexity index is 581. The lowest BCUT2D eigenvalue weighted by Gasteiger charge is -2.08. The van der Waals surface area contributed by atoms with E-state index < -0.39 is 6.09 Å². The number of benzene rings is 2. The van der Waals surface area contributed by atoms with Crippen LogP contribution in [-0.2, 0) is 11.3 Å². The number of amides is 1. The van der Waals surface area contributed by atoms with Crippen LogP contribution in [0.15, 0.2) is 53.4 Å². The van der Waals surface area contributed by atoms with Crippen LogP contribution in [0.4, 0.5) is 10.5 Å². The van der Waals surface area contributed by atoms with Crippen molar-refractivity contribution in [1.29, 1.82) is 0 Å². The highest BCUT2D eigenvalue weighted by atomic mass is 32.2. The molecule has 0 unspecified atom stereocenters. The molecule has 0 radical (unpaired) electrons. The van der Waals surface area contributed by atoms with Crippen LogP contribution >= 0.6 is 11.8 Å². The van der Waals surface area contributed by atoms with E-state index in [1.807, 2.05) is 54.8 Å². The summed E-state index contributed by atoms with van der Waals surface area (Å²) in [6.07, 6.45) is 1.54. The molecule has 2 aromatic rings. The van der Waals surface area contributed by atoms with Crippen LogP contribution in [0.2, 0.25) is 0 Å². The molecule has 110 valence electrons. The van der Waals surface area contributed by atoms with Crippen LogP contribution in [-0.4, -0.2) is 19.5 Å². The SMILES string of the molecule is COc1ccc(COC(=O)Nc2ccc(SC)cc2)cc1. The first-order chi connectivity index (χ1) is 10.2.